The van der Waals surface area contributed by atoms with Crippen LogP contribution in [0.1, 0.15) is 19.3 Å². The minimum Gasteiger partial charge on any atom is -0.762 e. The predicted molar refractivity (Wildman–Crippen MR) is 39.0 cm³/mol. The fourth-order valence-corrected chi connectivity index (χ4v) is 1.12. The van der Waals surface area contributed by atoms with Gasteiger partial charge in [-0.25, -0.2) is 0 Å². The van der Waals surface area contributed by atoms with Crippen molar-refractivity contribution in [2.24, 2.45) is 0 Å². The summed E-state index contributed by atoms with van der Waals surface area (Å²) in [4.78, 5) is 4.53. The molecule has 0 fully saturated rings. The van der Waals surface area contributed by atoms with Gasteiger partial charge in [-0.15, -0.1) is 0 Å². The molecular weight excluding hydrogens is 130 g/mol. The van der Waals surface area contributed by atoms with Crippen LogP contribution in [0.3, 0.4) is 0 Å². The lowest BCUT2D eigenvalue weighted by Crippen LogP contribution is -2.29. The van der Waals surface area contributed by atoms with Crippen molar-refractivity contribution in [2.75, 3.05) is 7.11 Å². The molecule has 1 aliphatic rings. The molecule has 1 aliphatic carbocycles. The van der Waals surface area contributed by atoms with Crippen molar-refractivity contribution in [3.8, 4) is 0 Å². The largest absolute Gasteiger partial charge is 0.762 e. The zero-order valence-corrected chi connectivity index (χ0v) is 6.12. The SMILES string of the molecule is CON([O-])C1CC=CCC1. The van der Waals surface area contributed by atoms with Gasteiger partial charge in [0.25, 0.3) is 0 Å². The van der Waals surface area contributed by atoms with Gasteiger partial charge in [0, 0.05) is 6.04 Å². The van der Waals surface area contributed by atoms with Gasteiger partial charge in [0.05, 0.1) is 7.11 Å². The second-order valence-corrected chi connectivity index (χ2v) is 2.41. The van der Waals surface area contributed by atoms with E-state index in [1.54, 1.807) is 0 Å². The summed E-state index contributed by atoms with van der Waals surface area (Å²) < 4.78 is 0. The Hall–Kier alpha value is -0.380. The smallest absolute Gasteiger partial charge is 0.0563 e. The molecule has 10 heavy (non-hydrogen) atoms. The highest BCUT2D eigenvalue weighted by molar-refractivity contribution is 4.92. The molecule has 1 unspecified atom stereocenters. The third-order valence-electron chi connectivity index (χ3n) is 1.72. The van der Waals surface area contributed by atoms with E-state index in [-0.39, 0.29) is 6.04 Å². The Morgan fingerprint density at radius 2 is 2.40 bits per heavy atom. The van der Waals surface area contributed by atoms with Gasteiger partial charge in [0.2, 0.25) is 0 Å². The highest BCUT2D eigenvalue weighted by Crippen LogP contribution is 2.15. The summed E-state index contributed by atoms with van der Waals surface area (Å²) in [7, 11) is 1.41. The molecular formula is C7H12NO2-. The van der Waals surface area contributed by atoms with E-state index < -0.39 is 0 Å². The van der Waals surface area contributed by atoms with Crippen LogP contribution in [-0.4, -0.2) is 18.4 Å². The molecule has 0 amide bonds. The second-order valence-electron chi connectivity index (χ2n) is 2.41. The molecule has 0 heterocycles. The van der Waals surface area contributed by atoms with Crippen molar-refractivity contribution < 1.29 is 4.84 Å². The van der Waals surface area contributed by atoms with Gasteiger partial charge in [-0.1, -0.05) is 12.2 Å². The first-order valence-corrected chi connectivity index (χ1v) is 3.50. The van der Waals surface area contributed by atoms with Gasteiger partial charge in [-0.3, -0.25) is 5.23 Å². The van der Waals surface area contributed by atoms with E-state index in [4.69, 9.17) is 0 Å². The Morgan fingerprint density at radius 3 is 2.90 bits per heavy atom. The van der Waals surface area contributed by atoms with Crippen LogP contribution in [0.25, 0.3) is 0 Å². The van der Waals surface area contributed by atoms with Crippen LogP contribution in [-0.2, 0) is 4.84 Å². The molecule has 0 aromatic heterocycles. The maximum Gasteiger partial charge on any atom is 0.0563 e. The molecule has 0 saturated carbocycles. The molecule has 0 bridgehead atoms. The quantitative estimate of drug-likeness (QED) is 0.432. The first kappa shape index (κ1) is 7.72. The van der Waals surface area contributed by atoms with Crippen molar-refractivity contribution in [1.82, 2.24) is 5.23 Å². The third kappa shape index (κ3) is 1.80. The van der Waals surface area contributed by atoms with Crippen molar-refractivity contribution in [2.45, 2.75) is 25.3 Å². The number of allylic oxidation sites excluding steroid dienone is 1. The number of rotatable bonds is 2. The summed E-state index contributed by atoms with van der Waals surface area (Å²) in [6.45, 7) is 0. The average molecular weight is 142 g/mol. The van der Waals surface area contributed by atoms with E-state index in [1.165, 1.54) is 7.11 Å². The molecule has 3 nitrogen and oxygen atoms in total. The molecule has 0 N–H and O–H groups in total. The summed E-state index contributed by atoms with van der Waals surface area (Å²) in [5.74, 6) is 0. The summed E-state index contributed by atoms with van der Waals surface area (Å²) in [6.07, 6.45) is 6.84. The van der Waals surface area contributed by atoms with E-state index in [9.17, 15) is 5.21 Å². The highest BCUT2D eigenvalue weighted by Gasteiger charge is 2.10. The van der Waals surface area contributed by atoms with E-state index in [0.29, 0.717) is 5.23 Å². The van der Waals surface area contributed by atoms with Crippen LogP contribution in [0.5, 0.6) is 0 Å². The van der Waals surface area contributed by atoms with Crippen LogP contribution < -0.4 is 0 Å². The van der Waals surface area contributed by atoms with Crippen LogP contribution in [0.2, 0.25) is 0 Å². The molecule has 0 aliphatic heterocycles. The van der Waals surface area contributed by atoms with Crippen molar-refractivity contribution in [3.05, 3.63) is 17.4 Å². The predicted octanol–water partition coefficient (Wildman–Crippen LogP) is 1.46. The molecule has 3 heteroatoms. The van der Waals surface area contributed by atoms with Gasteiger partial charge >= 0.3 is 0 Å². The first-order valence-electron chi connectivity index (χ1n) is 3.50. The van der Waals surface area contributed by atoms with E-state index in [1.807, 2.05) is 6.08 Å². The fourth-order valence-electron chi connectivity index (χ4n) is 1.12. The molecule has 1 atom stereocenters. The molecule has 58 valence electrons. The van der Waals surface area contributed by atoms with E-state index >= 15 is 0 Å². The highest BCUT2D eigenvalue weighted by atomic mass is 16.9. The van der Waals surface area contributed by atoms with Crippen LogP contribution in [0.4, 0.5) is 0 Å². The monoisotopic (exact) mass is 142 g/mol. The Bertz CT molecular complexity index is 125. The van der Waals surface area contributed by atoms with Crippen LogP contribution in [0.15, 0.2) is 12.2 Å². The third-order valence-corrected chi connectivity index (χ3v) is 1.72. The molecule has 0 saturated heterocycles. The number of hydroxylamine groups is 2. The fraction of sp³-hybridized carbons (Fsp3) is 0.714. The Balaban J connectivity index is 2.33. The normalized spacial score (nSPS) is 25.7. The van der Waals surface area contributed by atoms with E-state index in [2.05, 4.69) is 10.9 Å². The minimum atomic E-state index is 0.0370. The summed E-state index contributed by atoms with van der Waals surface area (Å²) in [5, 5.41) is 11.5. The average Bonchev–Trinajstić information content (AvgIpc) is 2.05. The number of hydrogen-bond acceptors (Lipinski definition) is 3. The zero-order valence-electron chi connectivity index (χ0n) is 6.12. The standard InChI is InChI=1S/C7H12NO2/c1-10-8(9)7-5-3-2-4-6-7/h2-3,7H,4-6H2,1H3/q-1. The Labute approximate surface area is 60.8 Å². The van der Waals surface area contributed by atoms with Gasteiger partial charge in [0.15, 0.2) is 0 Å². The topological polar surface area (TPSA) is 35.5 Å². The minimum absolute atomic E-state index is 0.0370. The number of nitrogens with zero attached hydrogens (tertiary/aromatic N) is 1. The lowest BCUT2D eigenvalue weighted by atomic mass is 10.0. The molecule has 0 aromatic rings. The summed E-state index contributed by atoms with van der Waals surface area (Å²) in [5.41, 5.74) is 0. The Kier molecular flexibility index (Phi) is 2.86. The summed E-state index contributed by atoms with van der Waals surface area (Å²) >= 11 is 0. The van der Waals surface area contributed by atoms with Gasteiger partial charge in [-0.2, -0.15) is 0 Å². The van der Waals surface area contributed by atoms with Crippen LogP contribution >= 0.6 is 0 Å². The van der Waals surface area contributed by atoms with Crippen molar-refractivity contribution >= 4 is 0 Å². The maximum atomic E-state index is 10.8. The summed E-state index contributed by atoms with van der Waals surface area (Å²) in [6, 6.07) is 0.0370. The maximum absolute atomic E-state index is 10.8. The molecule has 0 spiro atoms. The number of hydrogen-bond donors (Lipinski definition) is 0. The first-order chi connectivity index (χ1) is 4.84. The lowest BCUT2D eigenvalue weighted by Gasteiger charge is -2.34. The zero-order chi connectivity index (χ0) is 7.40. The molecule has 0 radical (unpaired) electrons. The lowest BCUT2D eigenvalue weighted by molar-refractivity contribution is -0.121. The van der Waals surface area contributed by atoms with Crippen LogP contribution in [0, 0.1) is 5.21 Å². The Morgan fingerprint density at radius 1 is 1.60 bits per heavy atom. The second kappa shape index (κ2) is 3.71. The van der Waals surface area contributed by atoms with Crippen molar-refractivity contribution in [3.63, 3.8) is 0 Å². The van der Waals surface area contributed by atoms with Gasteiger partial charge < -0.3 is 10.0 Å². The molecule has 1 rings (SSSR count). The van der Waals surface area contributed by atoms with E-state index in [0.717, 1.165) is 19.3 Å². The van der Waals surface area contributed by atoms with Crippen molar-refractivity contribution in [1.29, 1.82) is 0 Å². The van der Waals surface area contributed by atoms with Gasteiger partial charge in [0.1, 0.15) is 0 Å². The molecule has 0 aromatic carbocycles. The van der Waals surface area contributed by atoms with Gasteiger partial charge in [-0.05, 0) is 19.3 Å².